The predicted octanol–water partition coefficient (Wildman–Crippen LogP) is 1.98. The summed E-state index contributed by atoms with van der Waals surface area (Å²) in [5.74, 6) is -0.843. The van der Waals surface area contributed by atoms with E-state index in [-0.39, 0.29) is 16.0 Å². The number of nitrogens with zero attached hydrogens (tertiary/aromatic N) is 1. The summed E-state index contributed by atoms with van der Waals surface area (Å²) in [6.45, 7) is 3.72. The third kappa shape index (κ3) is 4.04. The summed E-state index contributed by atoms with van der Waals surface area (Å²) in [6, 6.07) is 2.69. The SMILES string of the molecule is O=C(CN1CCNCC1)Nc1cc(Cl)c(F)c(Cl)c1. The molecule has 7 heteroatoms. The van der Waals surface area contributed by atoms with E-state index in [1.165, 1.54) is 12.1 Å². The van der Waals surface area contributed by atoms with Crippen molar-refractivity contribution in [3.8, 4) is 0 Å². The van der Waals surface area contributed by atoms with Gasteiger partial charge in [0.05, 0.1) is 16.6 Å². The van der Waals surface area contributed by atoms with Crippen LogP contribution in [-0.4, -0.2) is 43.5 Å². The van der Waals surface area contributed by atoms with Crippen LogP contribution < -0.4 is 10.6 Å². The molecule has 0 aromatic heterocycles. The van der Waals surface area contributed by atoms with Gasteiger partial charge in [-0.3, -0.25) is 9.69 Å². The lowest BCUT2D eigenvalue weighted by Gasteiger charge is -2.26. The molecule has 0 unspecified atom stereocenters. The maximum absolute atomic E-state index is 13.2. The molecule has 0 saturated carbocycles. The lowest BCUT2D eigenvalue weighted by molar-refractivity contribution is -0.117. The van der Waals surface area contributed by atoms with E-state index < -0.39 is 5.82 Å². The highest BCUT2D eigenvalue weighted by Gasteiger charge is 2.14. The summed E-state index contributed by atoms with van der Waals surface area (Å²) in [4.78, 5) is 13.9. The molecule has 1 aliphatic heterocycles. The van der Waals surface area contributed by atoms with Crippen LogP contribution >= 0.6 is 23.2 Å². The number of hydrogen-bond acceptors (Lipinski definition) is 3. The minimum absolute atomic E-state index is 0.107. The third-order valence-corrected chi connectivity index (χ3v) is 3.39. The Morgan fingerprint density at radius 2 is 1.89 bits per heavy atom. The van der Waals surface area contributed by atoms with Gasteiger partial charge in [0.25, 0.3) is 0 Å². The molecule has 0 atom stereocenters. The Kier molecular flexibility index (Phi) is 4.99. The van der Waals surface area contributed by atoms with E-state index in [1.54, 1.807) is 0 Å². The van der Waals surface area contributed by atoms with Crippen LogP contribution in [0.5, 0.6) is 0 Å². The van der Waals surface area contributed by atoms with Gasteiger partial charge in [-0.2, -0.15) is 0 Å². The van der Waals surface area contributed by atoms with E-state index in [1.807, 2.05) is 4.90 Å². The fraction of sp³-hybridized carbons (Fsp3) is 0.417. The smallest absolute Gasteiger partial charge is 0.238 e. The molecular formula is C12H14Cl2FN3O. The number of rotatable bonds is 3. The molecule has 1 aromatic rings. The molecule has 1 fully saturated rings. The summed E-state index contributed by atoms with van der Waals surface area (Å²) in [5.41, 5.74) is 0.400. The van der Waals surface area contributed by atoms with Crippen molar-refractivity contribution in [2.45, 2.75) is 0 Å². The van der Waals surface area contributed by atoms with Gasteiger partial charge in [0.1, 0.15) is 0 Å². The Balaban J connectivity index is 1.94. The van der Waals surface area contributed by atoms with Gasteiger partial charge in [-0.1, -0.05) is 23.2 Å². The zero-order valence-corrected chi connectivity index (χ0v) is 11.7. The van der Waals surface area contributed by atoms with Crippen LogP contribution in [0.3, 0.4) is 0 Å². The quantitative estimate of drug-likeness (QED) is 0.839. The van der Waals surface area contributed by atoms with Crippen molar-refractivity contribution >= 4 is 34.8 Å². The molecule has 1 heterocycles. The third-order valence-electron chi connectivity index (χ3n) is 2.84. The first-order valence-electron chi connectivity index (χ1n) is 5.94. The number of nitrogens with one attached hydrogen (secondary N) is 2. The van der Waals surface area contributed by atoms with E-state index in [4.69, 9.17) is 23.2 Å². The molecular weight excluding hydrogens is 292 g/mol. The molecule has 0 aliphatic carbocycles. The average Bonchev–Trinajstić information content (AvgIpc) is 2.37. The van der Waals surface area contributed by atoms with Crippen molar-refractivity contribution in [1.82, 2.24) is 10.2 Å². The summed E-state index contributed by atoms with van der Waals surface area (Å²) in [5, 5.41) is 5.66. The van der Waals surface area contributed by atoms with Crippen molar-refractivity contribution < 1.29 is 9.18 Å². The molecule has 2 N–H and O–H groups in total. The van der Waals surface area contributed by atoms with Crippen molar-refractivity contribution in [2.24, 2.45) is 0 Å². The predicted molar refractivity (Wildman–Crippen MR) is 74.4 cm³/mol. The normalized spacial score (nSPS) is 16.4. The monoisotopic (exact) mass is 305 g/mol. The minimum atomic E-state index is -0.677. The van der Waals surface area contributed by atoms with E-state index >= 15 is 0 Å². The number of hydrogen-bond donors (Lipinski definition) is 2. The molecule has 1 amide bonds. The van der Waals surface area contributed by atoms with E-state index in [0.717, 1.165) is 26.2 Å². The Morgan fingerprint density at radius 3 is 2.47 bits per heavy atom. The molecule has 104 valence electrons. The zero-order chi connectivity index (χ0) is 13.8. The number of halogens is 3. The Labute approximate surface area is 120 Å². The highest BCUT2D eigenvalue weighted by atomic mass is 35.5. The Hall–Kier alpha value is -0.880. The van der Waals surface area contributed by atoms with Crippen molar-refractivity contribution in [3.05, 3.63) is 28.0 Å². The number of benzene rings is 1. The Morgan fingerprint density at radius 1 is 1.32 bits per heavy atom. The number of piperazine rings is 1. The standard InChI is InChI=1S/C12H14Cl2FN3O/c13-9-5-8(6-10(14)12(9)15)17-11(19)7-18-3-1-16-2-4-18/h5-6,16H,1-4,7H2,(H,17,19). The van der Waals surface area contributed by atoms with Crippen LogP contribution in [0.25, 0.3) is 0 Å². The first-order valence-corrected chi connectivity index (χ1v) is 6.69. The van der Waals surface area contributed by atoms with Gasteiger partial charge in [0.15, 0.2) is 5.82 Å². The van der Waals surface area contributed by atoms with E-state index in [0.29, 0.717) is 12.2 Å². The first kappa shape index (κ1) is 14.5. The average molecular weight is 306 g/mol. The van der Waals surface area contributed by atoms with Gasteiger partial charge in [0, 0.05) is 31.9 Å². The van der Waals surface area contributed by atoms with Crippen LogP contribution in [-0.2, 0) is 4.79 Å². The number of anilines is 1. The molecule has 2 rings (SSSR count). The van der Waals surface area contributed by atoms with E-state index in [2.05, 4.69) is 10.6 Å². The molecule has 19 heavy (non-hydrogen) atoms. The van der Waals surface area contributed by atoms with Crippen LogP contribution in [0.1, 0.15) is 0 Å². The topological polar surface area (TPSA) is 44.4 Å². The van der Waals surface area contributed by atoms with Crippen LogP contribution in [0.15, 0.2) is 12.1 Å². The lowest BCUT2D eigenvalue weighted by atomic mass is 10.3. The van der Waals surface area contributed by atoms with Gasteiger partial charge in [0.2, 0.25) is 5.91 Å². The fourth-order valence-electron chi connectivity index (χ4n) is 1.90. The second-order valence-electron chi connectivity index (χ2n) is 4.33. The highest BCUT2D eigenvalue weighted by Crippen LogP contribution is 2.27. The number of carbonyl (C=O) groups excluding carboxylic acids is 1. The molecule has 0 radical (unpaired) electrons. The lowest BCUT2D eigenvalue weighted by Crippen LogP contribution is -2.46. The zero-order valence-electron chi connectivity index (χ0n) is 10.2. The Bertz CT molecular complexity index is 455. The van der Waals surface area contributed by atoms with E-state index in [9.17, 15) is 9.18 Å². The summed E-state index contributed by atoms with van der Waals surface area (Å²) < 4.78 is 13.2. The van der Waals surface area contributed by atoms with Gasteiger partial charge < -0.3 is 10.6 Å². The number of amides is 1. The van der Waals surface area contributed by atoms with Gasteiger partial charge >= 0.3 is 0 Å². The van der Waals surface area contributed by atoms with Crippen molar-refractivity contribution in [3.63, 3.8) is 0 Å². The summed E-state index contributed by atoms with van der Waals surface area (Å²) >= 11 is 11.3. The van der Waals surface area contributed by atoms with Crippen LogP contribution in [0.2, 0.25) is 10.0 Å². The molecule has 4 nitrogen and oxygen atoms in total. The maximum Gasteiger partial charge on any atom is 0.238 e. The van der Waals surface area contributed by atoms with Crippen molar-refractivity contribution in [1.29, 1.82) is 0 Å². The van der Waals surface area contributed by atoms with Crippen molar-refractivity contribution in [2.75, 3.05) is 38.0 Å². The van der Waals surface area contributed by atoms with Crippen LogP contribution in [0, 0.1) is 5.82 Å². The van der Waals surface area contributed by atoms with Crippen LogP contribution in [0.4, 0.5) is 10.1 Å². The highest BCUT2D eigenvalue weighted by molar-refractivity contribution is 6.35. The second-order valence-corrected chi connectivity index (χ2v) is 5.14. The molecule has 1 saturated heterocycles. The fourth-order valence-corrected chi connectivity index (χ4v) is 2.39. The molecule has 1 aromatic carbocycles. The summed E-state index contributed by atoms with van der Waals surface area (Å²) in [7, 11) is 0. The second kappa shape index (κ2) is 6.52. The molecule has 0 bridgehead atoms. The van der Waals surface area contributed by atoms with Gasteiger partial charge in [-0.05, 0) is 12.1 Å². The van der Waals surface area contributed by atoms with Gasteiger partial charge in [-0.25, -0.2) is 4.39 Å². The summed E-state index contributed by atoms with van der Waals surface area (Å²) in [6.07, 6.45) is 0. The minimum Gasteiger partial charge on any atom is -0.325 e. The maximum atomic E-state index is 13.2. The molecule has 1 aliphatic rings. The molecule has 0 spiro atoms. The first-order chi connectivity index (χ1) is 9.06. The van der Waals surface area contributed by atoms with Gasteiger partial charge in [-0.15, -0.1) is 0 Å². The largest absolute Gasteiger partial charge is 0.325 e. The number of carbonyl (C=O) groups is 1.